The van der Waals surface area contributed by atoms with Gasteiger partial charge in [-0.25, -0.2) is 10.8 Å². The lowest BCUT2D eigenvalue weighted by molar-refractivity contribution is 0.0953. The predicted octanol–water partition coefficient (Wildman–Crippen LogP) is 3.61. The largest absolute Gasteiger partial charge is 0.485 e. The number of nitrogens with zero attached hydrogens (tertiary/aromatic N) is 1. The molecule has 106 valence electrons. The number of benzene rings is 1. The van der Waals surface area contributed by atoms with Gasteiger partial charge < -0.3 is 4.74 Å². The summed E-state index contributed by atoms with van der Waals surface area (Å²) < 4.78 is 8.26. The number of nitrogens with one attached hydrogen (secondary N) is 1. The van der Waals surface area contributed by atoms with Crippen molar-refractivity contribution >= 4 is 65.0 Å². The highest BCUT2D eigenvalue weighted by Gasteiger charge is 2.12. The average Bonchev–Trinajstić information content (AvgIpc) is 2.85. The number of amides is 1. The molecule has 2 rings (SSSR count). The number of rotatable bonds is 4. The molecule has 0 spiro atoms. The fourth-order valence-electron chi connectivity index (χ4n) is 1.35. The molecule has 0 saturated carbocycles. The van der Waals surface area contributed by atoms with Crippen molar-refractivity contribution in [2.24, 2.45) is 5.84 Å². The van der Waals surface area contributed by atoms with E-state index in [2.05, 4.69) is 52.8 Å². The number of hydrazine groups is 1. The third-order valence-corrected chi connectivity index (χ3v) is 4.73. The molecule has 0 fully saturated rings. The van der Waals surface area contributed by atoms with Crippen LogP contribution in [0.1, 0.15) is 15.5 Å². The highest BCUT2D eigenvalue weighted by Crippen LogP contribution is 2.36. The summed E-state index contributed by atoms with van der Waals surface area (Å²) in [5.74, 6) is 5.31. The lowest BCUT2D eigenvalue weighted by Gasteiger charge is -2.09. The second-order valence-electron chi connectivity index (χ2n) is 3.60. The third kappa shape index (κ3) is 3.79. The van der Waals surface area contributed by atoms with Gasteiger partial charge in [0.1, 0.15) is 12.4 Å². The zero-order valence-corrected chi connectivity index (χ0v) is 15.4. The first-order chi connectivity index (χ1) is 9.51. The minimum Gasteiger partial charge on any atom is -0.485 e. The predicted molar refractivity (Wildman–Crippen MR) is 87.6 cm³/mol. The number of nitrogens with two attached hydrogens (primary N) is 1. The van der Waals surface area contributed by atoms with E-state index in [9.17, 15) is 4.79 Å². The first kappa shape index (κ1) is 15.9. The number of carbonyl (C=O) groups is 1. The van der Waals surface area contributed by atoms with Crippen molar-refractivity contribution < 1.29 is 9.53 Å². The second kappa shape index (κ2) is 6.99. The van der Waals surface area contributed by atoms with E-state index in [0.29, 0.717) is 16.5 Å². The Morgan fingerprint density at radius 3 is 2.60 bits per heavy atom. The molecule has 0 bridgehead atoms. The van der Waals surface area contributed by atoms with Crippen LogP contribution in [-0.4, -0.2) is 10.9 Å². The normalized spacial score (nSPS) is 10.4. The van der Waals surface area contributed by atoms with Crippen LogP contribution < -0.4 is 16.0 Å². The number of nitrogen functional groups attached to an aromatic ring is 1. The van der Waals surface area contributed by atoms with Gasteiger partial charge >= 0.3 is 0 Å². The average molecular weight is 486 g/mol. The molecule has 1 heterocycles. The maximum Gasteiger partial charge on any atom is 0.294 e. The zero-order chi connectivity index (χ0) is 14.7. The summed E-state index contributed by atoms with van der Waals surface area (Å²) in [6.07, 6.45) is 0. The van der Waals surface area contributed by atoms with Gasteiger partial charge in [0.05, 0.1) is 14.6 Å². The topological polar surface area (TPSA) is 77.2 Å². The first-order valence-electron chi connectivity index (χ1n) is 5.24. The molecule has 2 aromatic rings. The summed E-state index contributed by atoms with van der Waals surface area (Å²) >= 11 is 11.5. The lowest BCUT2D eigenvalue weighted by Crippen LogP contribution is -2.29. The van der Waals surface area contributed by atoms with E-state index in [0.717, 1.165) is 13.4 Å². The molecule has 5 nitrogen and oxygen atoms in total. The van der Waals surface area contributed by atoms with Crippen molar-refractivity contribution in [2.45, 2.75) is 6.61 Å². The van der Waals surface area contributed by atoms with Gasteiger partial charge in [0.25, 0.3) is 5.91 Å². The molecule has 0 aliphatic carbocycles. The van der Waals surface area contributed by atoms with Crippen LogP contribution in [0.4, 0.5) is 0 Å². The number of halogens is 3. The Kier molecular flexibility index (Phi) is 5.56. The van der Waals surface area contributed by atoms with Crippen LogP contribution in [0, 0.1) is 0 Å². The van der Waals surface area contributed by atoms with Crippen LogP contribution in [0.2, 0.25) is 0 Å². The molecule has 20 heavy (non-hydrogen) atoms. The van der Waals surface area contributed by atoms with E-state index < -0.39 is 5.91 Å². The SMILES string of the molecule is NNC(=O)c1nc(COc2c(Br)cc(Br)cc2Br)cs1. The first-order valence-corrected chi connectivity index (χ1v) is 8.50. The minimum atomic E-state index is -0.410. The Bertz CT molecular complexity index is 625. The number of thiazole rings is 1. The van der Waals surface area contributed by atoms with Crippen LogP contribution in [-0.2, 0) is 6.61 Å². The van der Waals surface area contributed by atoms with Gasteiger partial charge in [0.2, 0.25) is 0 Å². The molecule has 0 aliphatic heterocycles. The van der Waals surface area contributed by atoms with Crippen LogP contribution in [0.5, 0.6) is 5.75 Å². The van der Waals surface area contributed by atoms with Crippen LogP contribution in [0.25, 0.3) is 0 Å². The van der Waals surface area contributed by atoms with E-state index in [1.54, 1.807) is 5.38 Å². The molecule has 0 radical (unpaired) electrons. The van der Waals surface area contributed by atoms with Gasteiger partial charge in [-0.1, -0.05) is 15.9 Å². The van der Waals surface area contributed by atoms with Gasteiger partial charge in [-0.2, -0.15) is 0 Å². The molecular weight excluding hydrogens is 478 g/mol. The number of ether oxygens (including phenoxy) is 1. The summed E-state index contributed by atoms with van der Waals surface area (Å²) in [4.78, 5) is 15.4. The van der Waals surface area contributed by atoms with Gasteiger partial charge in [0, 0.05) is 9.85 Å². The van der Waals surface area contributed by atoms with Crippen molar-refractivity contribution in [3.05, 3.63) is 41.6 Å². The summed E-state index contributed by atoms with van der Waals surface area (Å²) in [7, 11) is 0. The van der Waals surface area contributed by atoms with E-state index in [-0.39, 0.29) is 6.61 Å². The molecule has 0 atom stereocenters. The summed E-state index contributed by atoms with van der Waals surface area (Å²) in [5.41, 5.74) is 2.70. The van der Waals surface area contributed by atoms with Gasteiger partial charge in [-0.15, -0.1) is 11.3 Å². The Balaban J connectivity index is 2.09. The van der Waals surface area contributed by atoms with E-state index in [1.807, 2.05) is 17.6 Å². The third-order valence-electron chi connectivity index (χ3n) is 2.20. The molecule has 1 aromatic carbocycles. The van der Waals surface area contributed by atoms with Crippen LogP contribution in [0.3, 0.4) is 0 Å². The summed E-state index contributed by atoms with van der Waals surface area (Å²) in [6.45, 7) is 0.257. The lowest BCUT2D eigenvalue weighted by atomic mass is 10.3. The quantitative estimate of drug-likeness (QED) is 0.394. The van der Waals surface area contributed by atoms with E-state index >= 15 is 0 Å². The standard InChI is InChI=1S/C11H8Br3N3O2S/c12-5-1-7(13)9(8(14)2-5)19-3-6-4-20-11(16-6)10(18)17-15/h1-2,4H,3,15H2,(H,17,18). The fourth-order valence-corrected chi connectivity index (χ4v) is 4.54. The van der Waals surface area contributed by atoms with Crippen molar-refractivity contribution in [2.75, 3.05) is 0 Å². The Hall–Kier alpha value is -0.480. The molecule has 3 N–H and O–H groups in total. The molecule has 0 saturated heterocycles. The highest BCUT2D eigenvalue weighted by atomic mass is 79.9. The van der Waals surface area contributed by atoms with Gasteiger partial charge in [-0.05, 0) is 44.0 Å². The monoisotopic (exact) mass is 483 g/mol. The Morgan fingerprint density at radius 1 is 1.35 bits per heavy atom. The molecular formula is C11H8Br3N3O2S. The Morgan fingerprint density at radius 2 is 2.00 bits per heavy atom. The number of hydrogen-bond donors (Lipinski definition) is 2. The molecule has 1 amide bonds. The molecule has 0 unspecified atom stereocenters. The summed E-state index contributed by atoms with van der Waals surface area (Å²) in [6, 6.07) is 3.77. The number of aromatic nitrogens is 1. The molecule has 0 aliphatic rings. The minimum absolute atomic E-state index is 0.257. The smallest absolute Gasteiger partial charge is 0.294 e. The van der Waals surface area contributed by atoms with E-state index in [4.69, 9.17) is 10.6 Å². The second-order valence-corrected chi connectivity index (χ2v) is 7.09. The summed E-state index contributed by atoms with van der Waals surface area (Å²) in [5, 5.41) is 2.06. The molecule has 1 aromatic heterocycles. The zero-order valence-electron chi connectivity index (χ0n) is 9.82. The maximum atomic E-state index is 11.3. The van der Waals surface area contributed by atoms with Crippen molar-refractivity contribution in [1.82, 2.24) is 10.4 Å². The number of hydrogen-bond acceptors (Lipinski definition) is 5. The van der Waals surface area contributed by atoms with E-state index in [1.165, 1.54) is 11.3 Å². The maximum absolute atomic E-state index is 11.3. The van der Waals surface area contributed by atoms with Crippen LogP contribution >= 0.6 is 59.1 Å². The number of carbonyl (C=O) groups excluding carboxylic acids is 1. The molecule has 9 heteroatoms. The van der Waals surface area contributed by atoms with Gasteiger partial charge in [-0.3, -0.25) is 10.2 Å². The van der Waals surface area contributed by atoms with Crippen molar-refractivity contribution in [3.8, 4) is 5.75 Å². The fraction of sp³-hybridized carbons (Fsp3) is 0.0909. The Labute approximate surface area is 144 Å². The van der Waals surface area contributed by atoms with Crippen LogP contribution in [0.15, 0.2) is 30.9 Å². The van der Waals surface area contributed by atoms with Crippen molar-refractivity contribution in [1.29, 1.82) is 0 Å². The van der Waals surface area contributed by atoms with Crippen molar-refractivity contribution in [3.63, 3.8) is 0 Å². The van der Waals surface area contributed by atoms with Gasteiger partial charge in [0.15, 0.2) is 5.01 Å². The highest BCUT2D eigenvalue weighted by molar-refractivity contribution is 9.11.